The number of rotatable bonds is 3. The lowest BCUT2D eigenvalue weighted by molar-refractivity contribution is -0.141. The Hall–Kier alpha value is -0.180. The van der Waals surface area contributed by atoms with Crippen LogP contribution in [0.15, 0.2) is 0 Å². The average molecular weight is 228 g/mol. The van der Waals surface area contributed by atoms with Gasteiger partial charge in [0.1, 0.15) is 0 Å². The Balaban J connectivity index is 1.84. The van der Waals surface area contributed by atoms with E-state index in [2.05, 4.69) is 0 Å². The molecule has 0 spiro atoms. The highest BCUT2D eigenvalue weighted by Gasteiger charge is 2.34. The van der Waals surface area contributed by atoms with Gasteiger partial charge >= 0.3 is 5.97 Å². The summed E-state index contributed by atoms with van der Waals surface area (Å²) in [6.45, 7) is 0. The maximum atomic E-state index is 11.0. The van der Waals surface area contributed by atoms with Crippen LogP contribution in [0.4, 0.5) is 0 Å². The van der Waals surface area contributed by atoms with Crippen LogP contribution in [0.25, 0.3) is 0 Å². The van der Waals surface area contributed by atoms with Gasteiger partial charge < -0.3 is 5.11 Å². The van der Waals surface area contributed by atoms with Gasteiger partial charge in [-0.3, -0.25) is 4.79 Å². The number of thioether (sulfide) groups is 1. The lowest BCUT2D eigenvalue weighted by atomic mass is 10.0. The Morgan fingerprint density at radius 3 is 2.40 bits per heavy atom. The first-order chi connectivity index (χ1) is 7.27. The minimum absolute atomic E-state index is 0.0584. The second-order valence-electron chi connectivity index (χ2n) is 4.81. The van der Waals surface area contributed by atoms with Crippen molar-refractivity contribution >= 4 is 17.7 Å². The molecular formula is C12H20O2S. The SMILES string of the molecule is O=C(O)C1CCCC1SC1CCCCC1. The van der Waals surface area contributed by atoms with Gasteiger partial charge in [-0.2, -0.15) is 11.8 Å². The van der Waals surface area contributed by atoms with Crippen molar-refractivity contribution in [2.45, 2.75) is 61.9 Å². The Labute approximate surface area is 95.8 Å². The second-order valence-corrected chi connectivity index (χ2v) is 6.35. The number of carbonyl (C=O) groups is 1. The zero-order valence-electron chi connectivity index (χ0n) is 9.15. The van der Waals surface area contributed by atoms with Crippen LogP contribution in [0, 0.1) is 5.92 Å². The summed E-state index contributed by atoms with van der Waals surface area (Å²) in [5, 5.41) is 10.3. The third-order valence-corrected chi connectivity index (χ3v) is 5.46. The minimum atomic E-state index is -0.569. The highest BCUT2D eigenvalue weighted by Crippen LogP contribution is 2.41. The Morgan fingerprint density at radius 1 is 1.00 bits per heavy atom. The summed E-state index contributed by atoms with van der Waals surface area (Å²) in [7, 11) is 0. The fraction of sp³-hybridized carbons (Fsp3) is 0.917. The van der Waals surface area contributed by atoms with Crippen LogP contribution >= 0.6 is 11.8 Å². The summed E-state index contributed by atoms with van der Waals surface area (Å²) in [5.41, 5.74) is 0. The van der Waals surface area contributed by atoms with Crippen molar-refractivity contribution in [2.75, 3.05) is 0 Å². The molecule has 0 aromatic heterocycles. The third kappa shape index (κ3) is 2.90. The van der Waals surface area contributed by atoms with Crippen LogP contribution in [0.5, 0.6) is 0 Å². The van der Waals surface area contributed by atoms with E-state index in [-0.39, 0.29) is 5.92 Å². The molecule has 2 nitrogen and oxygen atoms in total. The van der Waals surface area contributed by atoms with E-state index in [9.17, 15) is 4.79 Å². The Kier molecular flexibility index (Phi) is 3.95. The molecule has 2 atom stereocenters. The number of hydrogen-bond acceptors (Lipinski definition) is 2. The molecule has 1 N–H and O–H groups in total. The average Bonchev–Trinajstić information content (AvgIpc) is 2.67. The number of carboxylic acids is 1. The molecule has 0 heterocycles. The summed E-state index contributed by atoms with van der Waals surface area (Å²) in [4.78, 5) is 11.0. The molecule has 0 radical (unpaired) electrons. The Morgan fingerprint density at radius 2 is 1.73 bits per heavy atom. The van der Waals surface area contributed by atoms with Crippen LogP contribution in [0.1, 0.15) is 51.4 Å². The lowest BCUT2D eigenvalue weighted by Crippen LogP contribution is -2.23. The predicted molar refractivity (Wildman–Crippen MR) is 63.2 cm³/mol. The van der Waals surface area contributed by atoms with E-state index in [4.69, 9.17) is 5.11 Å². The van der Waals surface area contributed by atoms with E-state index < -0.39 is 5.97 Å². The standard InChI is InChI=1S/C12H20O2S/c13-12(14)10-7-4-8-11(10)15-9-5-2-1-3-6-9/h9-11H,1-8H2,(H,13,14). The molecular weight excluding hydrogens is 208 g/mol. The molecule has 3 heteroatoms. The number of carboxylic acid groups (broad SMARTS) is 1. The lowest BCUT2D eigenvalue weighted by Gasteiger charge is -2.25. The van der Waals surface area contributed by atoms with Gasteiger partial charge in [0, 0.05) is 10.5 Å². The van der Waals surface area contributed by atoms with Crippen LogP contribution in [-0.4, -0.2) is 21.6 Å². The second kappa shape index (κ2) is 5.24. The maximum absolute atomic E-state index is 11.0. The topological polar surface area (TPSA) is 37.3 Å². The fourth-order valence-electron chi connectivity index (χ4n) is 2.82. The van der Waals surface area contributed by atoms with Gasteiger partial charge in [-0.25, -0.2) is 0 Å². The van der Waals surface area contributed by atoms with Crippen LogP contribution in [0.2, 0.25) is 0 Å². The van der Waals surface area contributed by atoms with Crippen molar-refractivity contribution in [3.05, 3.63) is 0 Å². The zero-order valence-corrected chi connectivity index (χ0v) is 9.97. The molecule has 2 fully saturated rings. The van der Waals surface area contributed by atoms with Crippen molar-refractivity contribution in [2.24, 2.45) is 5.92 Å². The smallest absolute Gasteiger partial charge is 0.307 e. The fourth-order valence-corrected chi connectivity index (χ4v) is 4.66. The van der Waals surface area contributed by atoms with Crippen molar-refractivity contribution in [3.63, 3.8) is 0 Å². The summed E-state index contributed by atoms with van der Waals surface area (Å²) in [6.07, 6.45) is 9.84. The van der Waals surface area contributed by atoms with E-state index in [0.29, 0.717) is 5.25 Å². The minimum Gasteiger partial charge on any atom is -0.481 e. The van der Waals surface area contributed by atoms with E-state index in [0.717, 1.165) is 24.5 Å². The molecule has 0 aromatic carbocycles. The van der Waals surface area contributed by atoms with Crippen molar-refractivity contribution < 1.29 is 9.90 Å². The third-order valence-electron chi connectivity index (χ3n) is 3.69. The molecule has 0 bridgehead atoms. The quantitative estimate of drug-likeness (QED) is 0.805. The highest BCUT2D eigenvalue weighted by molar-refractivity contribution is 8.00. The molecule has 0 saturated heterocycles. The number of hydrogen-bond donors (Lipinski definition) is 1. The van der Waals surface area contributed by atoms with Gasteiger partial charge in [-0.15, -0.1) is 0 Å². The van der Waals surface area contributed by atoms with E-state index in [1.807, 2.05) is 11.8 Å². The molecule has 2 aliphatic rings. The first kappa shape index (κ1) is 11.3. The van der Waals surface area contributed by atoms with Crippen molar-refractivity contribution in [1.29, 1.82) is 0 Å². The molecule has 86 valence electrons. The zero-order chi connectivity index (χ0) is 10.7. The molecule has 2 aliphatic carbocycles. The molecule has 0 aliphatic heterocycles. The van der Waals surface area contributed by atoms with Crippen LogP contribution < -0.4 is 0 Å². The summed E-state index contributed by atoms with van der Waals surface area (Å²) >= 11 is 1.98. The van der Waals surface area contributed by atoms with Gasteiger partial charge in [0.15, 0.2) is 0 Å². The van der Waals surface area contributed by atoms with E-state index in [1.54, 1.807) is 0 Å². The summed E-state index contributed by atoms with van der Waals surface area (Å²) in [6, 6.07) is 0. The number of aliphatic carboxylic acids is 1. The molecule has 2 rings (SSSR count). The normalized spacial score (nSPS) is 33.1. The molecule has 2 unspecified atom stereocenters. The molecule has 15 heavy (non-hydrogen) atoms. The first-order valence-corrected chi connectivity index (χ1v) is 7.10. The maximum Gasteiger partial charge on any atom is 0.307 e. The van der Waals surface area contributed by atoms with Gasteiger partial charge in [0.05, 0.1) is 5.92 Å². The monoisotopic (exact) mass is 228 g/mol. The van der Waals surface area contributed by atoms with Gasteiger partial charge in [0.2, 0.25) is 0 Å². The van der Waals surface area contributed by atoms with Gasteiger partial charge in [-0.05, 0) is 25.7 Å². The molecule has 2 saturated carbocycles. The van der Waals surface area contributed by atoms with E-state index >= 15 is 0 Å². The Bertz CT molecular complexity index is 224. The van der Waals surface area contributed by atoms with Crippen molar-refractivity contribution in [1.82, 2.24) is 0 Å². The van der Waals surface area contributed by atoms with Gasteiger partial charge in [0.25, 0.3) is 0 Å². The predicted octanol–water partition coefficient (Wildman–Crippen LogP) is 3.31. The highest BCUT2D eigenvalue weighted by atomic mass is 32.2. The van der Waals surface area contributed by atoms with Crippen LogP contribution in [0.3, 0.4) is 0 Å². The first-order valence-electron chi connectivity index (χ1n) is 6.15. The van der Waals surface area contributed by atoms with Crippen molar-refractivity contribution in [3.8, 4) is 0 Å². The molecule has 0 aromatic rings. The van der Waals surface area contributed by atoms with Gasteiger partial charge in [-0.1, -0.05) is 25.7 Å². The molecule has 0 amide bonds. The summed E-state index contributed by atoms with van der Waals surface area (Å²) in [5.74, 6) is -0.627. The summed E-state index contributed by atoms with van der Waals surface area (Å²) < 4.78 is 0. The van der Waals surface area contributed by atoms with E-state index in [1.165, 1.54) is 32.1 Å². The van der Waals surface area contributed by atoms with Crippen LogP contribution in [-0.2, 0) is 4.79 Å². The largest absolute Gasteiger partial charge is 0.481 e.